The first-order valence-corrected chi connectivity index (χ1v) is 15.7. The molecule has 3 fully saturated rings. The van der Waals surface area contributed by atoms with Crippen molar-refractivity contribution in [2.24, 2.45) is 5.41 Å². The van der Waals surface area contributed by atoms with Crippen LogP contribution in [0.4, 0.5) is 24.5 Å². The highest BCUT2D eigenvalue weighted by Gasteiger charge is 2.43. The van der Waals surface area contributed by atoms with Crippen LogP contribution < -0.4 is 20.7 Å². The Morgan fingerprint density at radius 1 is 1.10 bits per heavy atom. The molecule has 0 unspecified atom stereocenters. The normalized spacial score (nSPS) is 17.7. The van der Waals surface area contributed by atoms with Gasteiger partial charge in [-0.2, -0.15) is 13.2 Å². The monoisotopic (exact) mass is 600 g/mol. The zero-order chi connectivity index (χ0) is 29.6. The summed E-state index contributed by atoms with van der Waals surface area (Å²) in [6, 6.07) is 13.4. The molecule has 0 atom stereocenters. The van der Waals surface area contributed by atoms with Gasteiger partial charge in [0.1, 0.15) is 18.9 Å². The Morgan fingerprint density at radius 2 is 1.88 bits per heavy atom. The van der Waals surface area contributed by atoms with Crippen molar-refractivity contribution in [1.82, 2.24) is 9.88 Å². The molecule has 10 heteroatoms. The first-order chi connectivity index (χ1) is 20.3. The highest BCUT2D eigenvalue weighted by Crippen LogP contribution is 2.33. The van der Waals surface area contributed by atoms with E-state index in [1.807, 2.05) is 37.6 Å². The maximum Gasteiger partial charge on any atom is 0.406 e. The van der Waals surface area contributed by atoms with Crippen molar-refractivity contribution in [2.75, 3.05) is 56.8 Å². The number of hydrogen-bond acceptors (Lipinski definition) is 6. The number of hydrogen-bond donors (Lipinski definition) is 3. The predicted octanol–water partition coefficient (Wildman–Crippen LogP) is 6.75. The molecule has 6 nitrogen and oxygen atoms in total. The summed E-state index contributed by atoms with van der Waals surface area (Å²) in [7, 11) is 1.81. The molecule has 2 aliphatic heterocycles. The lowest BCUT2D eigenvalue weighted by Crippen LogP contribution is -2.64. The summed E-state index contributed by atoms with van der Waals surface area (Å²) >= 11 is 1.63. The molecule has 0 amide bonds. The third kappa shape index (κ3) is 7.49. The summed E-state index contributed by atoms with van der Waals surface area (Å²) in [6.45, 7) is 3.35. The van der Waals surface area contributed by atoms with Crippen molar-refractivity contribution < 1.29 is 22.6 Å². The average molecular weight is 601 g/mol. The van der Waals surface area contributed by atoms with Crippen LogP contribution in [0.5, 0.6) is 5.75 Å². The Morgan fingerprint density at radius 3 is 2.48 bits per heavy atom. The molecule has 42 heavy (non-hydrogen) atoms. The van der Waals surface area contributed by atoms with E-state index in [0.29, 0.717) is 28.4 Å². The van der Waals surface area contributed by atoms with Crippen LogP contribution in [0.3, 0.4) is 0 Å². The second-order valence-electron chi connectivity index (χ2n) is 11.2. The standard InChI is InChI=1S/C27H30F3N3OS.C5H9NO/c1-31-24-17-21(35-2)13-14-26(24)34-15-7-10-20-16-22-23(32-19-8-4-3-5-9-19)11-6-12-25(22)33(20)18-27(28,29)30;1-5(2-6-1)3-7-4-5/h6,11-14,16-17,19,31-32H,3-5,8-9,15,18H2,1-2H3;6H,1-4H2. The van der Waals surface area contributed by atoms with Gasteiger partial charge in [-0.05, 0) is 61.4 Å². The minimum Gasteiger partial charge on any atom is -0.479 e. The molecule has 1 saturated carbocycles. The molecule has 2 aromatic carbocycles. The Bertz CT molecular complexity index is 1400. The van der Waals surface area contributed by atoms with Crippen LogP contribution in [0.15, 0.2) is 47.4 Å². The van der Waals surface area contributed by atoms with Crippen LogP contribution in [0.1, 0.15) is 37.8 Å². The van der Waals surface area contributed by atoms with Gasteiger partial charge in [-0.25, -0.2) is 0 Å². The first kappa shape index (κ1) is 30.5. The molecule has 1 spiro atoms. The molecule has 2 saturated heterocycles. The molecule has 3 N–H and O–H groups in total. The summed E-state index contributed by atoms with van der Waals surface area (Å²) in [5.41, 5.74) is 3.16. The topological polar surface area (TPSA) is 59.5 Å². The van der Waals surface area contributed by atoms with E-state index in [0.717, 1.165) is 47.7 Å². The van der Waals surface area contributed by atoms with Crippen LogP contribution in [-0.4, -0.2) is 63.0 Å². The lowest BCUT2D eigenvalue weighted by Gasteiger charge is -2.48. The average Bonchev–Trinajstić information content (AvgIpc) is 3.27. The van der Waals surface area contributed by atoms with Crippen LogP contribution >= 0.6 is 11.8 Å². The van der Waals surface area contributed by atoms with Crippen LogP contribution in [0.2, 0.25) is 0 Å². The van der Waals surface area contributed by atoms with Gasteiger partial charge in [0, 0.05) is 47.6 Å². The van der Waals surface area contributed by atoms with E-state index >= 15 is 0 Å². The number of ether oxygens (including phenoxy) is 2. The molecule has 226 valence electrons. The minimum absolute atomic E-state index is 0.0635. The summed E-state index contributed by atoms with van der Waals surface area (Å²) in [5.74, 6) is 6.47. The van der Waals surface area contributed by atoms with E-state index in [4.69, 9.17) is 9.47 Å². The number of aromatic nitrogens is 1. The van der Waals surface area contributed by atoms with E-state index in [1.54, 1.807) is 30.0 Å². The van der Waals surface area contributed by atoms with Gasteiger partial charge in [-0.3, -0.25) is 0 Å². The molecule has 0 bridgehead atoms. The fourth-order valence-corrected chi connectivity index (χ4v) is 6.04. The Labute approximate surface area is 250 Å². The van der Waals surface area contributed by atoms with Crippen molar-refractivity contribution in [3.8, 4) is 17.6 Å². The van der Waals surface area contributed by atoms with Gasteiger partial charge in [0.2, 0.25) is 0 Å². The molecule has 1 aliphatic carbocycles. The molecule has 3 aliphatic rings. The number of anilines is 2. The third-order valence-corrected chi connectivity index (χ3v) is 8.76. The number of fused-ring (bicyclic) bond motifs is 1. The van der Waals surface area contributed by atoms with E-state index < -0.39 is 12.7 Å². The van der Waals surface area contributed by atoms with E-state index in [9.17, 15) is 13.2 Å². The van der Waals surface area contributed by atoms with Crippen molar-refractivity contribution >= 4 is 34.0 Å². The summed E-state index contributed by atoms with van der Waals surface area (Å²) in [5, 5.41) is 10.6. The van der Waals surface area contributed by atoms with Gasteiger partial charge in [0.15, 0.2) is 0 Å². The fraction of sp³-hybridized carbons (Fsp3) is 0.500. The fourth-order valence-electron chi connectivity index (χ4n) is 5.60. The number of halogens is 3. The van der Waals surface area contributed by atoms with Gasteiger partial charge in [-0.1, -0.05) is 31.2 Å². The number of nitrogens with one attached hydrogen (secondary N) is 3. The van der Waals surface area contributed by atoms with E-state index in [2.05, 4.69) is 27.8 Å². The smallest absolute Gasteiger partial charge is 0.406 e. The minimum atomic E-state index is -4.35. The SMILES string of the molecule is C1NCC12COC2.CNc1cc(SC)ccc1OCC#Cc1cc2c(NC3CCCCC3)cccc2n1CC(F)(F)F. The first-order valence-electron chi connectivity index (χ1n) is 14.5. The molecule has 0 radical (unpaired) electrons. The van der Waals surface area contributed by atoms with Crippen molar-refractivity contribution in [3.05, 3.63) is 48.2 Å². The molecule has 3 heterocycles. The Hall–Kier alpha value is -3.00. The lowest BCUT2D eigenvalue weighted by molar-refractivity contribution is -0.140. The van der Waals surface area contributed by atoms with Gasteiger partial charge >= 0.3 is 6.18 Å². The number of benzene rings is 2. The van der Waals surface area contributed by atoms with Gasteiger partial charge in [-0.15, -0.1) is 11.8 Å². The highest BCUT2D eigenvalue weighted by atomic mass is 32.2. The van der Waals surface area contributed by atoms with E-state index in [1.165, 1.54) is 36.9 Å². The Balaban J connectivity index is 0.000000434. The number of alkyl halides is 3. The van der Waals surface area contributed by atoms with Crippen molar-refractivity contribution in [1.29, 1.82) is 0 Å². The third-order valence-electron chi connectivity index (χ3n) is 8.04. The number of rotatable bonds is 7. The summed E-state index contributed by atoms with van der Waals surface area (Å²) in [4.78, 5) is 1.10. The largest absolute Gasteiger partial charge is 0.479 e. The highest BCUT2D eigenvalue weighted by molar-refractivity contribution is 7.98. The van der Waals surface area contributed by atoms with Crippen LogP contribution in [0, 0.1) is 17.3 Å². The maximum absolute atomic E-state index is 13.4. The van der Waals surface area contributed by atoms with Gasteiger partial charge in [0.25, 0.3) is 0 Å². The van der Waals surface area contributed by atoms with Crippen molar-refractivity contribution in [3.63, 3.8) is 0 Å². The molecule has 6 rings (SSSR count). The predicted molar refractivity (Wildman–Crippen MR) is 165 cm³/mol. The lowest BCUT2D eigenvalue weighted by atomic mass is 9.80. The van der Waals surface area contributed by atoms with Crippen LogP contribution in [0.25, 0.3) is 10.9 Å². The summed E-state index contributed by atoms with van der Waals surface area (Å²) in [6.07, 6.45) is 3.39. The zero-order valence-electron chi connectivity index (χ0n) is 24.2. The second kappa shape index (κ2) is 13.5. The molecule has 1 aromatic heterocycles. The molecular formula is C32H39F3N4O2S. The zero-order valence-corrected chi connectivity index (χ0v) is 25.0. The van der Waals surface area contributed by atoms with Gasteiger partial charge < -0.3 is 30.0 Å². The maximum atomic E-state index is 13.4. The second-order valence-corrected chi connectivity index (χ2v) is 12.1. The number of nitrogens with zero attached hydrogens (tertiary/aromatic N) is 1. The summed E-state index contributed by atoms with van der Waals surface area (Å²) < 4.78 is 52.4. The van der Waals surface area contributed by atoms with Crippen LogP contribution in [-0.2, 0) is 11.3 Å². The van der Waals surface area contributed by atoms with Crippen molar-refractivity contribution in [2.45, 2.75) is 55.8 Å². The molecular weight excluding hydrogens is 561 g/mol. The van der Waals surface area contributed by atoms with Gasteiger partial charge in [0.05, 0.1) is 30.1 Å². The number of thioether (sulfide) groups is 1. The molecule has 3 aromatic rings. The van der Waals surface area contributed by atoms with E-state index in [-0.39, 0.29) is 6.61 Å². The Kier molecular flexibility index (Phi) is 9.81. The quantitative estimate of drug-likeness (QED) is 0.206.